The number of halogens is 1. The van der Waals surface area contributed by atoms with Gasteiger partial charge in [0.05, 0.1) is 12.2 Å². The zero-order chi connectivity index (χ0) is 13.8. The Morgan fingerprint density at radius 1 is 1.00 bits per heavy atom. The molecule has 0 radical (unpaired) electrons. The molecule has 0 N–H and O–H groups in total. The zero-order valence-electron chi connectivity index (χ0n) is 11.7. The van der Waals surface area contributed by atoms with Gasteiger partial charge in [-0.15, -0.1) is 0 Å². The van der Waals surface area contributed by atoms with E-state index >= 15 is 0 Å². The second-order valence-corrected chi connectivity index (χ2v) is 5.07. The molecule has 1 unspecified atom stereocenters. The molecule has 0 aliphatic heterocycles. The molecule has 1 aliphatic rings. The molecule has 0 heterocycles. The largest absolute Gasteiger partial charge is 0.490 e. The number of methoxy groups -OCH3 is 2. The highest BCUT2D eigenvalue weighted by Gasteiger charge is 2.30. The summed E-state index contributed by atoms with van der Waals surface area (Å²) in [6.07, 6.45) is 2.78. The Morgan fingerprint density at radius 2 is 1.58 bits per heavy atom. The second-order valence-electron chi connectivity index (χ2n) is 5.07. The highest BCUT2D eigenvalue weighted by Crippen LogP contribution is 2.28. The molecule has 1 saturated carbocycles. The van der Waals surface area contributed by atoms with Crippen molar-refractivity contribution in [2.75, 3.05) is 14.2 Å². The van der Waals surface area contributed by atoms with E-state index in [4.69, 9.17) is 14.2 Å². The van der Waals surface area contributed by atoms with E-state index in [0.717, 1.165) is 24.8 Å². The summed E-state index contributed by atoms with van der Waals surface area (Å²) >= 11 is 0. The van der Waals surface area contributed by atoms with Gasteiger partial charge in [-0.05, 0) is 18.6 Å². The van der Waals surface area contributed by atoms with Gasteiger partial charge in [-0.3, -0.25) is 0 Å². The van der Waals surface area contributed by atoms with E-state index < -0.39 is 0 Å². The summed E-state index contributed by atoms with van der Waals surface area (Å²) in [7, 11) is 3.40. The average Bonchev–Trinajstić information content (AvgIpc) is 2.42. The van der Waals surface area contributed by atoms with Crippen LogP contribution in [0.3, 0.4) is 0 Å². The van der Waals surface area contributed by atoms with Crippen molar-refractivity contribution in [3.05, 3.63) is 29.6 Å². The van der Waals surface area contributed by atoms with Gasteiger partial charge < -0.3 is 14.2 Å². The van der Waals surface area contributed by atoms with E-state index in [0.29, 0.717) is 5.75 Å². The maximum atomic E-state index is 13.3. The summed E-state index contributed by atoms with van der Waals surface area (Å²) in [5.41, 5.74) is 0.940. The van der Waals surface area contributed by atoms with Crippen molar-refractivity contribution in [2.24, 2.45) is 0 Å². The Labute approximate surface area is 113 Å². The van der Waals surface area contributed by atoms with Crippen molar-refractivity contribution in [1.29, 1.82) is 0 Å². The number of ether oxygens (including phenoxy) is 3. The number of rotatable bonds is 4. The third-order valence-corrected chi connectivity index (χ3v) is 3.69. The molecule has 0 amide bonds. The number of hydrogen-bond donors (Lipinski definition) is 0. The highest BCUT2D eigenvalue weighted by molar-refractivity contribution is 5.32. The smallest absolute Gasteiger partial charge is 0.126 e. The Morgan fingerprint density at radius 3 is 2.16 bits per heavy atom. The van der Waals surface area contributed by atoms with Crippen LogP contribution in [-0.2, 0) is 9.47 Å². The quantitative estimate of drug-likeness (QED) is 0.840. The summed E-state index contributed by atoms with van der Waals surface area (Å²) in [6, 6.07) is 4.61. The molecule has 1 fully saturated rings. The fourth-order valence-electron chi connectivity index (χ4n) is 2.53. The molecular formula is C15H21FO3. The first-order valence-electron chi connectivity index (χ1n) is 6.60. The molecule has 0 saturated heterocycles. The third kappa shape index (κ3) is 3.67. The van der Waals surface area contributed by atoms with Crippen LogP contribution < -0.4 is 4.74 Å². The van der Waals surface area contributed by atoms with Gasteiger partial charge in [0.1, 0.15) is 17.7 Å². The van der Waals surface area contributed by atoms with Crippen LogP contribution in [0.1, 0.15) is 24.8 Å². The van der Waals surface area contributed by atoms with Gasteiger partial charge in [0.2, 0.25) is 0 Å². The van der Waals surface area contributed by atoms with E-state index in [1.54, 1.807) is 20.3 Å². The molecule has 0 bridgehead atoms. The number of aryl methyl sites for hydroxylation is 1. The van der Waals surface area contributed by atoms with E-state index in [2.05, 4.69) is 0 Å². The fraction of sp³-hybridized carbons (Fsp3) is 0.600. The van der Waals surface area contributed by atoms with Crippen LogP contribution in [0.25, 0.3) is 0 Å². The molecule has 1 aromatic rings. The predicted octanol–water partition coefficient (Wildman–Crippen LogP) is 3.10. The lowest BCUT2D eigenvalue weighted by Crippen LogP contribution is -2.38. The minimum Gasteiger partial charge on any atom is -0.490 e. The topological polar surface area (TPSA) is 27.7 Å². The van der Waals surface area contributed by atoms with Crippen molar-refractivity contribution in [3.63, 3.8) is 0 Å². The van der Waals surface area contributed by atoms with Crippen LogP contribution in [0.15, 0.2) is 18.2 Å². The Kier molecular flexibility index (Phi) is 4.77. The second kappa shape index (κ2) is 6.35. The Bertz CT molecular complexity index is 410. The number of hydrogen-bond acceptors (Lipinski definition) is 3. The summed E-state index contributed by atoms with van der Waals surface area (Å²) in [5, 5.41) is 0. The predicted molar refractivity (Wildman–Crippen MR) is 71.0 cm³/mol. The molecule has 0 spiro atoms. The summed E-state index contributed by atoms with van der Waals surface area (Å²) < 4.78 is 30.0. The van der Waals surface area contributed by atoms with Crippen molar-refractivity contribution in [2.45, 2.75) is 44.5 Å². The van der Waals surface area contributed by atoms with Gasteiger partial charge in [0.15, 0.2) is 0 Å². The minimum atomic E-state index is -0.275. The summed E-state index contributed by atoms with van der Waals surface area (Å²) in [5.74, 6) is 0.333. The third-order valence-electron chi connectivity index (χ3n) is 3.69. The maximum absolute atomic E-state index is 13.3. The van der Waals surface area contributed by atoms with Crippen LogP contribution in [0.4, 0.5) is 4.39 Å². The van der Waals surface area contributed by atoms with Crippen LogP contribution >= 0.6 is 0 Å². The van der Waals surface area contributed by atoms with Crippen molar-refractivity contribution in [1.82, 2.24) is 0 Å². The van der Waals surface area contributed by atoms with Crippen LogP contribution in [-0.4, -0.2) is 32.5 Å². The van der Waals surface area contributed by atoms with Crippen molar-refractivity contribution in [3.8, 4) is 5.75 Å². The van der Waals surface area contributed by atoms with Gasteiger partial charge in [-0.2, -0.15) is 0 Å². The first-order chi connectivity index (χ1) is 9.12. The molecule has 19 heavy (non-hydrogen) atoms. The summed E-state index contributed by atoms with van der Waals surface area (Å²) in [6.45, 7) is 1.92. The van der Waals surface area contributed by atoms with Gasteiger partial charge in [-0.25, -0.2) is 4.39 Å². The lowest BCUT2D eigenvalue weighted by Gasteiger charge is -2.33. The van der Waals surface area contributed by atoms with Crippen LogP contribution in [0, 0.1) is 12.7 Å². The molecule has 3 nitrogen and oxygen atoms in total. The molecule has 3 atom stereocenters. The molecule has 2 rings (SSSR count). The molecule has 4 heteroatoms. The van der Waals surface area contributed by atoms with Crippen molar-refractivity contribution < 1.29 is 18.6 Å². The molecule has 1 aliphatic carbocycles. The van der Waals surface area contributed by atoms with Crippen LogP contribution in [0.2, 0.25) is 0 Å². The lowest BCUT2D eigenvalue weighted by molar-refractivity contribution is -0.0501. The SMILES string of the molecule is CO[C@@H]1CC(Oc2cc(F)ccc2C)C[C@H](OC)C1. The molecule has 106 valence electrons. The fourth-order valence-corrected chi connectivity index (χ4v) is 2.53. The molecule has 1 aromatic carbocycles. The maximum Gasteiger partial charge on any atom is 0.126 e. The summed E-state index contributed by atoms with van der Waals surface area (Å²) in [4.78, 5) is 0. The zero-order valence-corrected chi connectivity index (χ0v) is 11.7. The first-order valence-corrected chi connectivity index (χ1v) is 6.60. The Balaban J connectivity index is 2.06. The van der Waals surface area contributed by atoms with Crippen LogP contribution in [0.5, 0.6) is 5.75 Å². The van der Waals surface area contributed by atoms with E-state index in [1.165, 1.54) is 12.1 Å². The molecular weight excluding hydrogens is 247 g/mol. The van der Waals surface area contributed by atoms with Gasteiger partial charge in [-0.1, -0.05) is 6.07 Å². The van der Waals surface area contributed by atoms with Gasteiger partial charge >= 0.3 is 0 Å². The highest BCUT2D eigenvalue weighted by atomic mass is 19.1. The lowest BCUT2D eigenvalue weighted by atomic mass is 9.92. The normalized spacial score (nSPS) is 27.3. The monoisotopic (exact) mass is 268 g/mol. The molecule has 0 aromatic heterocycles. The van der Waals surface area contributed by atoms with E-state index in [9.17, 15) is 4.39 Å². The van der Waals surface area contributed by atoms with E-state index in [-0.39, 0.29) is 24.1 Å². The standard InChI is InChI=1S/C15H21FO3/c1-10-4-5-11(16)6-15(10)19-14-8-12(17-2)7-13(9-14)18-3/h4-6,12-14H,7-9H2,1-3H3/t12-,13+,14?. The van der Waals surface area contributed by atoms with Gasteiger partial charge in [0, 0.05) is 39.5 Å². The average molecular weight is 268 g/mol. The number of benzene rings is 1. The minimum absolute atomic E-state index is 0.00384. The van der Waals surface area contributed by atoms with Crippen molar-refractivity contribution >= 4 is 0 Å². The first kappa shape index (κ1) is 14.3. The Hall–Kier alpha value is -1.13. The van der Waals surface area contributed by atoms with E-state index in [1.807, 2.05) is 6.92 Å². The van der Waals surface area contributed by atoms with Gasteiger partial charge in [0.25, 0.3) is 0 Å².